The molecule has 1 unspecified atom stereocenters. The van der Waals surface area contributed by atoms with Crippen LogP contribution in [0.25, 0.3) is 0 Å². The van der Waals surface area contributed by atoms with E-state index < -0.39 is 10.0 Å². The van der Waals surface area contributed by atoms with Gasteiger partial charge in [-0.1, -0.05) is 54.1 Å². The third-order valence-corrected chi connectivity index (χ3v) is 5.89. The van der Waals surface area contributed by atoms with Crippen molar-refractivity contribution in [2.45, 2.75) is 11.9 Å². The predicted molar refractivity (Wildman–Crippen MR) is 90.8 cm³/mol. The fraction of sp³-hybridized carbons (Fsp3) is 0.294. The summed E-state index contributed by atoms with van der Waals surface area (Å²) in [7, 11) is -3.37. The molecule has 0 saturated carbocycles. The number of nitrogens with zero attached hydrogens (tertiary/aromatic N) is 1. The first-order chi connectivity index (χ1) is 11.0. The van der Waals surface area contributed by atoms with Gasteiger partial charge < -0.3 is 4.74 Å². The van der Waals surface area contributed by atoms with Crippen molar-refractivity contribution in [3.8, 4) is 0 Å². The van der Waals surface area contributed by atoms with Crippen molar-refractivity contribution in [3.63, 3.8) is 0 Å². The molecule has 0 N–H and O–H groups in total. The van der Waals surface area contributed by atoms with Gasteiger partial charge in [-0.05, 0) is 23.3 Å². The van der Waals surface area contributed by atoms with E-state index in [-0.39, 0.29) is 11.9 Å². The molecule has 2 aromatic rings. The van der Waals surface area contributed by atoms with Gasteiger partial charge in [-0.25, -0.2) is 8.42 Å². The molecule has 1 heterocycles. The Bertz CT molecular complexity index is 764. The zero-order valence-electron chi connectivity index (χ0n) is 12.6. The molecule has 23 heavy (non-hydrogen) atoms. The van der Waals surface area contributed by atoms with Gasteiger partial charge in [0.2, 0.25) is 10.0 Å². The molecule has 0 amide bonds. The van der Waals surface area contributed by atoms with Crippen LogP contribution in [0.3, 0.4) is 0 Å². The topological polar surface area (TPSA) is 46.6 Å². The SMILES string of the molecule is O=S(=O)(Cc1ccccc1)N1CCOC(c2cccc(Cl)c2)C1. The quantitative estimate of drug-likeness (QED) is 0.849. The third-order valence-electron chi connectivity index (χ3n) is 3.83. The second-order valence-corrected chi connectivity index (χ2v) is 7.92. The van der Waals surface area contributed by atoms with E-state index in [4.69, 9.17) is 16.3 Å². The van der Waals surface area contributed by atoms with Crippen molar-refractivity contribution in [1.29, 1.82) is 0 Å². The Hall–Kier alpha value is -1.40. The highest BCUT2D eigenvalue weighted by Gasteiger charge is 2.30. The zero-order chi connectivity index (χ0) is 16.3. The van der Waals surface area contributed by atoms with Crippen LogP contribution in [0, 0.1) is 0 Å². The van der Waals surface area contributed by atoms with Crippen LogP contribution in [0.15, 0.2) is 54.6 Å². The summed E-state index contributed by atoms with van der Waals surface area (Å²) in [6, 6.07) is 16.6. The van der Waals surface area contributed by atoms with Crippen molar-refractivity contribution in [2.24, 2.45) is 0 Å². The minimum atomic E-state index is -3.37. The maximum atomic E-state index is 12.6. The van der Waals surface area contributed by atoms with E-state index in [0.29, 0.717) is 24.7 Å². The Morgan fingerprint density at radius 2 is 1.91 bits per heavy atom. The first-order valence-corrected chi connectivity index (χ1v) is 9.42. The molecule has 0 aromatic heterocycles. The number of halogens is 1. The second kappa shape index (κ2) is 7.01. The van der Waals surface area contributed by atoms with Gasteiger partial charge in [-0.2, -0.15) is 4.31 Å². The van der Waals surface area contributed by atoms with Crippen LogP contribution < -0.4 is 0 Å². The molecule has 1 aliphatic rings. The molecule has 0 bridgehead atoms. The maximum Gasteiger partial charge on any atom is 0.218 e. The van der Waals surface area contributed by atoms with Crippen LogP contribution >= 0.6 is 11.6 Å². The lowest BCUT2D eigenvalue weighted by Crippen LogP contribution is -2.42. The van der Waals surface area contributed by atoms with E-state index in [2.05, 4.69) is 0 Å². The summed E-state index contributed by atoms with van der Waals surface area (Å²) < 4.78 is 32.5. The van der Waals surface area contributed by atoms with Crippen molar-refractivity contribution in [2.75, 3.05) is 19.7 Å². The number of rotatable bonds is 4. The van der Waals surface area contributed by atoms with Crippen LogP contribution in [0.5, 0.6) is 0 Å². The summed E-state index contributed by atoms with van der Waals surface area (Å²) in [6.07, 6.45) is -0.284. The average Bonchev–Trinajstić information content (AvgIpc) is 2.55. The van der Waals surface area contributed by atoms with Crippen molar-refractivity contribution in [1.82, 2.24) is 4.31 Å². The molecule has 1 saturated heterocycles. The Morgan fingerprint density at radius 3 is 2.65 bits per heavy atom. The van der Waals surface area contributed by atoms with Crippen LogP contribution in [-0.4, -0.2) is 32.4 Å². The summed E-state index contributed by atoms with van der Waals surface area (Å²) in [5.41, 5.74) is 1.69. The smallest absolute Gasteiger partial charge is 0.218 e. The molecule has 122 valence electrons. The Morgan fingerprint density at radius 1 is 1.13 bits per heavy atom. The molecule has 3 rings (SSSR count). The second-order valence-electron chi connectivity index (χ2n) is 5.51. The molecular formula is C17H18ClNO3S. The normalized spacial score (nSPS) is 19.6. The first-order valence-electron chi connectivity index (χ1n) is 7.43. The van der Waals surface area contributed by atoms with Gasteiger partial charge in [0, 0.05) is 18.1 Å². The lowest BCUT2D eigenvalue weighted by atomic mass is 10.1. The number of ether oxygens (including phenoxy) is 1. The van der Waals surface area contributed by atoms with Crippen molar-refractivity contribution < 1.29 is 13.2 Å². The summed E-state index contributed by atoms with van der Waals surface area (Å²) in [6.45, 7) is 1.08. The average molecular weight is 352 g/mol. The molecule has 0 aliphatic carbocycles. The van der Waals surface area contributed by atoms with Gasteiger partial charge in [0.05, 0.1) is 18.5 Å². The molecule has 0 radical (unpaired) electrons. The fourth-order valence-corrected chi connectivity index (χ4v) is 4.37. The highest BCUT2D eigenvalue weighted by atomic mass is 35.5. The number of sulfonamides is 1. The molecule has 1 aliphatic heterocycles. The van der Waals surface area contributed by atoms with E-state index in [0.717, 1.165) is 11.1 Å². The highest BCUT2D eigenvalue weighted by Crippen LogP contribution is 2.26. The predicted octanol–water partition coefficient (Wildman–Crippen LogP) is 3.24. The largest absolute Gasteiger partial charge is 0.371 e. The first kappa shape index (κ1) is 16.5. The summed E-state index contributed by atoms with van der Waals surface area (Å²) in [5.74, 6) is 0.0100. The number of hydrogen-bond donors (Lipinski definition) is 0. The number of benzene rings is 2. The van der Waals surface area contributed by atoms with Crippen LogP contribution in [-0.2, 0) is 20.5 Å². The standard InChI is InChI=1S/C17H18ClNO3S/c18-16-8-4-7-15(11-16)17-12-19(9-10-22-17)23(20,21)13-14-5-2-1-3-6-14/h1-8,11,17H,9-10,12-13H2. The van der Waals surface area contributed by atoms with Crippen LogP contribution in [0.4, 0.5) is 0 Å². The van der Waals surface area contributed by atoms with E-state index in [1.165, 1.54) is 4.31 Å². The molecule has 4 nitrogen and oxygen atoms in total. The number of morpholine rings is 1. The monoisotopic (exact) mass is 351 g/mol. The van der Waals surface area contributed by atoms with E-state index in [1.54, 1.807) is 6.07 Å². The summed E-state index contributed by atoms with van der Waals surface area (Å²) >= 11 is 6.01. The lowest BCUT2D eigenvalue weighted by molar-refractivity contribution is -0.00259. The molecule has 1 fully saturated rings. The third kappa shape index (κ3) is 4.12. The minimum absolute atomic E-state index is 0.0100. The van der Waals surface area contributed by atoms with E-state index >= 15 is 0 Å². The van der Waals surface area contributed by atoms with Gasteiger partial charge in [0.25, 0.3) is 0 Å². The summed E-state index contributed by atoms with van der Waals surface area (Å²) in [4.78, 5) is 0. The van der Waals surface area contributed by atoms with Crippen molar-refractivity contribution >= 4 is 21.6 Å². The molecule has 2 aromatic carbocycles. The molecule has 0 spiro atoms. The minimum Gasteiger partial charge on any atom is -0.371 e. The molecule has 6 heteroatoms. The number of hydrogen-bond acceptors (Lipinski definition) is 3. The van der Waals surface area contributed by atoms with E-state index in [1.807, 2.05) is 48.5 Å². The lowest BCUT2D eigenvalue weighted by Gasteiger charge is -2.32. The van der Waals surface area contributed by atoms with Gasteiger partial charge in [0.1, 0.15) is 0 Å². The Balaban J connectivity index is 1.75. The van der Waals surface area contributed by atoms with Gasteiger partial charge >= 0.3 is 0 Å². The van der Waals surface area contributed by atoms with Crippen LogP contribution in [0.1, 0.15) is 17.2 Å². The van der Waals surface area contributed by atoms with E-state index in [9.17, 15) is 8.42 Å². The van der Waals surface area contributed by atoms with Crippen LogP contribution in [0.2, 0.25) is 5.02 Å². The Labute approximate surface area is 141 Å². The summed E-state index contributed by atoms with van der Waals surface area (Å²) in [5, 5.41) is 0.621. The maximum absolute atomic E-state index is 12.6. The Kier molecular flexibility index (Phi) is 5.02. The van der Waals surface area contributed by atoms with Gasteiger partial charge in [-0.3, -0.25) is 0 Å². The zero-order valence-corrected chi connectivity index (χ0v) is 14.1. The van der Waals surface area contributed by atoms with Gasteiger partial charge in [0.15, 0.2) is 0 Å². The fourth-order valence-electron chi connectivity index (χ4n) is 2.66. The molecule has 1 atom stereocenters. The van der Waals surface area contributed by atoms with Crippen molar-refractivity contribution in [3.05, 3.63) is 70.7 Å². The highest BCUT2D eigenvalue weighted by molar-refractivity contribution is 7.88. The van der Waals surface area contributed by atoms with Gasteiger partial charge in [-0.15, -0.1) is 0 Å². The molecular weight excluding hydrogens is 334 g/mol.